The standard InChI is InChI=1S/C14H17BrClFO/c1-9-7-11(13(16)8-14(9)17)12(15)5-4-10-3-2-6-18-10/h7-8,10,12H,2-6H2,1H3. The predicted molar refractivity (Wildman–Crippen MR) is 76.0 cm³/mol. The number of hydrogen-bond acceptors (Lipinski definition) is 1. The molecule has 0 saturated carbocycles. The normalized spacial score (nSPS) is 21.2. The molecule has 18 heavy (non-hydrogen) atoms. The molecule has 4 heteroatoms. The topological polar surface area (TPSA) is 9.23 Å². The highest BCUT2D eigenvalue weighted by atomic mass is 79.9. The van der Waals surface area contributed by atoms with E-state index in [1.54, 1.807) is 6.92 Å². The van der Waals surface area contributed by atoms with Crippen LogP contribution in [-0.4, -0.2) is 12.7 Å². The Morgan fingerprint density at radius 1 is 1.56 bits per heavy atom. The lowest BCUT2D eigenvalue weighted by Crippen LogP contribution is -2.06. The molecule has 1 aromatic rings. The van der Waals surface area contributed by atoms with Crippen LogP contribution < -0.4 is 0 Å². The van der Waals surface area contributed by atoms with Gasteiger partial charge in [-0.05, 0) is 49.8 Å². The summed E-state index contributed by atoms with van der Waals surface area (Å²) in [6.45, 7) is 2.64. The van der Waals surface area contributed by atoms with Crippen LogP contribution in [0.2, 0.25) is 5.02 Å². The highest BCUT2D eigenvalue weighted by Gasteiger charge is 2.19. The fourth-order valence-corrected chi connectivity index (χ4v) is 3.34. The first kappa shape index (κ1) is 14.3. The van der Waals surface area contributed by atoms with Gasteiger partial charge in [0.2, 0.25) is 0 Å². The molecule has 1 saturated heterocycles. The molecule has 1 heterocycles. The van der Waals surface area contributed by atoms with Crippen molar-refractivity contribution in [1.29, 1.82) is 0 Å². The highest BCUT2D eigenvalue weighted by Crippen LogP contribution is 2.35. The average Bonchev–Trinajstić information content (AvgIpc) is 2.84. The SMILES string of the molecule is Cc1cc(C(Br)CCC2CCCO2)c(Cl)cc1F. The summed E-state index contributed by atoms with van der Waals surface area (Å²) in [6.07, 6.45) is 4.66. The van der Waals surface area contributed by atoms with Crippen LogP contribution in [0.1, 0.15) is 41.6 Å². The number of aryl methyl sites for hydroxylation is 1. The van der Waals surface area contributed by atoms with Crippen LogP contribution >= 0.6 is 27.5 Å². The number of ether oxygens (including phenoxy) is 1. The molecule has 0 aliphatic carbocycles. The predicted octanol–water partition coefficient (Wildman–Crippen LogP) is 5.18. The second kappa shape index (κ2) is 6.36. The van der Waals surface area contributed by atoms with Crippen molar-refractivity contribution < 1.29 is 9.13 Å². The van der Waals surface area contributed by atoms with Crippen molar-refractivity contribution in [1.82, 2.24) is 0 Å². The van der Waals surface area contributed by atoms with Crippen LogP contribution in [0, 0.1) is 12.7 Å². The van der Waals surface area contributed by atoms with E-state index in [0.717, 1.165) is 37.9 Å². The smallest absolute Gasteiger partial charge is 0.127 e. The maximum absolute atomic E-state index is 13.3. The third-order valence-corrected chi connectivity index (χ3v) is 4.66. The number of benzene rings is 1. The molecule has 100 valence electrons. The molecule has 1 aliphatic heterocycles. The number of alkyl halides is 1. The molecular weight excluding hydrogens is 319 g/mol. The van der Waals surface area contributed by atoms with Gasteiger partial charge in [-0.2, -0.15) is 0 Å². The van der Waals surface area contributed by atoms with Gasteiger partial charge in [-0.25, -0.2) is 4.39 Å². The van der Waals surface area contributed by atoms with E-state index < -0.39 is 0 Å². The molecule has 1 aromatic carbocycles. The minimum atomic E-state index is -0.248. The fourth-order valence-electron chi connectivity index (χ4n) is 2.28. The summed E-state index contributed by atoms with van der Waals surface area (Å²) >= 11 is 9.73. The molecule has 1 aliphatic rings. The summed E-state index contributed by atoms with van der Waals surface area (Å²) in [5, 5.41) is 0.493. The van der Waals surface area contributed by atoms with Crippen molar-refractivity contribution in [2.45, 2.75) is 43.5 Å². The van der Waals surface area contributed by atoms with Gasteiger partial charge in [0.15, 0.2) is 0 Å². The fraction of sp³-hybridized carbons (Fsp3) is 0.571. The Hall–Kier alpha value is -0.120. The molecule has 1 nitrogen and oxygen atoms in total. The lowest BCUT2D eigenvalue weighted by molar-refractivity contribution is 0.102. The average molecular weight is 336 g/mol. The van der Waals surface area contributed by atoms with Gasteiger partial charge in [0.05, 0.1) is 6.10 Å². The molecule has 0 aromatic heterocycles. The summed E-state index contributed by atoms with van der Waals surface area (Å²) in [5.74, 6) is -0.248. The van der Waals surface area contributed by atoms with Crippen LogP contribution in [0.25, 0.3) is 0 Å². The Balaban J connectivity index is 1.99. The van der Waals surface area contributed by atoms with Crippen molar-refractivity contribution in [2.24, 2.45) is 0 Å². The van der Waals surface area contributed by atoms with Crippen molar-refractivity contribution in [2.75, 3.05) is 6.61 Å². The molecule has 0 bridgehead atoms. The zero-order chi connectivity index (χ0) is 13.1. The molecule has 2 unspecified atom stereocenters. The second-order valence-corrected chi connectivity index (χ2v) is 6.32. The molecular formula is C14H17BrClFO. The second-order valence-electron chi connectivity index (χ2n) is 4.80. The van der Waals surface area contributed by atoms with E-state index in [0.29, 0.717) is 16.7 Å². The lowest BCUT2D eigenvalue weighted by Gasteiger charge is -2.15. The Morgan fingerprint density at radius 3 is 3.00 bits per heavy atom. The Bertz CT molecular complexity index is 419. The largest absolute Gasteiger partial charge is 0.378 e. The third-order valence-electron chi connectivity index (χ3n) is 3.38. The first-order valence-corrected chi connectivity index (χ1v) is 7.58. The molecule has 0 radical (unpaired) electrons. The van der Waals surface area contributed by atoms with Crippen LogP contribution in [0.3, 0.4) is 0 Å². The van der Waals surface area contributed by atoms with Crippen molar-refractivity contribution in [3.63, 3.8) is 0 Å². The van der Waals surface area contributed by atoms with E-state index in [9.17, 15) is 4.39 Å². The molecule has 2 atom stereocenters. The van der Waals surface area contributed by atoms with E-state index in [1.165, 1.54) is 6.07 Å². The number of rotatable bonds is 4. The zero-order valence-corrected chi connectivity index (χ0v) is 12.7. The van der Waals surface area contributed by atoms with E-state index in [4.69, 9.17) is 16.3 Å². The van der Waals surface area contributed by atoms with Gasteiger partial charge in [0.25, 0.3) is 0 Å². The van der Waals surface area contributed by atoms with Gasteiger partial charge in [-0.15, -0.1) is 0 Å². The maximum Gasteiger partial charge on any atom is 0.127 e. The van der Waals surface area contributed by atoms with Crippen LogP contribution in [0.15, 0.2) is 12.1 Å². The Labute approximate surface area is 121 Å². The summed E-state index contributed by atoms with van der Waals surface area (Å²) in [4.78, 5) is 0.161. The first-order chi connectivity index (χ1) is 8.58. The van der Waals surface area contributed by atoms with Gasteiger partial charge in [0, 0.05) is 16.5 Å². The van der Waals surface area contributed by atoms with Crippen LogP contribution in [0.5, 0.6) is 0 Å². The summed E-state index contributed by atoms with van der Waals surface area (Å²) in [5.41, 5.74) is 1.60. The van der Waals surface area contributed by atoms with Crippen molar-refractivity contribution in [3.05, 3.63) is 34.1 Å². The molecule has 0 amide bonds. The Kier molecular flexibility index (Phi) is 5.05. The van der Waals surface area contributed by atoms with E-state index >= 15 is 0 Å². The molecule has 1 fully saturated rings. The maximum atomic E-state index is 13.3. The number of hydrogen-bond donors (Lipinski definition) is 0. The highest BCUT2D eigenvalue weighted by molar-refractivity contribution is 9.09. The van der Waals surface area contributed by atoms with Gasteiger partial charge >= 0.3 is 0 Å². The quantitative estimate of drug-likeness (QED) is 0.689. The van der Waals surface area contributed by atoms with Gasteiger partial charge < -0.3 is 4.74 Å². The van der Waals surface area contributed by atoms with Gasteiger partial charge in [0.1, 0.15) is 5.82 Å². The minimum absolute atomic E-state index is 0.161. The first-order valence-electron chi connectivity index (χ1n) is 6.29. The van der Waals surface area contributed by atoms with Crippen LogP contribution in [-0.2, 0) is 4.74 Å². The third kappa shape index (κ3) is 3.46. The van der Waals surface area contributed by atoms with E-state index in [2.05, 4.69) is 15.9 Å². The van der Waals surface area contributed by atoms with E-state index in [1.807, 2.05) is 6.07 Å². The van der Waals surface area contributed by atoms with Crippen molar-refractivity contribution >= 4 is 27.5 Å². The van der Waals surface area contributed by atoms with Crippen molar-refractivity contribution in [3.8, 4) is 0 Å². The molecule has 0 spiro atoms. The number of halogens is 3. The molecule has 2 rings (SSSR count). The van der Waals surface area contributed by atoms with E-state index in [-0.39, 0.29) is 10.6 Å². The Morgan fingerprint density at radius 2 is 2.33 bits per heavy atom. The summed E-state index contributed by atoms with van der Waals surface area (Å²) < 4.78 is 18.9. The summed E-state index contributed by atoms with van der Waals surface area (Å²) in [7, 11) is 0. The monoisotopic (exact) mass is 334 g/mol. The lowest BCUT2D eigenvalue weighted by atomic mass is 10.0. The van der Waals surface area contributed by atoms with Crippen LogP contribution in [0.4, 0.5) is 4.39 Å². The molecule has 0 N–H and O–H groups in total. The zero-order valence-electron chi connectivity index (χ0n) is 10.4. The minimum Gasteiger partial charge on any atom is -0.378 e. The van der Waals surface area contributed by atoms with Gasteiger partial charge in [-0.3, -0.25) is 0 Å². The van der Waals surface area contributed by atoms with Gasteiger partial charge in [-0.1, -0.05) is 33.6 Å². The summed E-state index contributed by atoms with van der Waals surface area (Å²) in [6, 6.07) is 3.22.